The third-order valence-electron chi connectivity index (χ3n) is 1.63. The van der Waals surface area contributed by atoms with Crippen LogP contribution in [0, 0.1) is 6.92 Å². The molecule has 0 aromatic carbocycles. The Morgan fingerprint density at radius 3 is 3.00 bits per heavy atom. The van der Waals surface area contributed by atoms with Crippen LogP contribution in [0.2, 0.25) is 0 Å². The summed E-state index contributed by atoms with van der Waals surface area (Å²) in [6.45, 7) is 4.30. The number of hydrogen-bond donors (Lipinski definition) is 1. The van der Waals surface area contributed by atoms with E-state index in [1.165, 1.54) is 0 Å². The zero-order valence-electron chi connectivity index (χ0n) is 7.90. The topological polar surface area (TPSA) is 46.0 Å². The van der Waals surface area contributed by atoms with Crippen molar-refractivity contribution in [2.45, 2.75) is 30.5 Å². The number of aryl methyl sites for hydroxylation is 1. The van der Waals surface area contributed by atoms with Gasteiger partial charge in [0.05, 0.1) is 6.20 Å². The average molecular weight is 198 g/mol. The van der Waals surface area contributed by atoms with Crippen molar-refractivity contribution in [1.29, 1.82) is 0 Å². The molecule has 1 N–H and O–H groups in total. The highest BCUT2D eigenvalue weighted by Crippen LogP contribution is 2.22. The van der Waals surface area contributed by atoms with E-state index in [0.717, 1.165) is 17.0 Å². The lowest BCUT2D eigenvalue weighted by molar-refractivity contribution is 0.289. The average Bonchev–Trinajstić information content (AvgIpc) is 2.04. The number of thioether (sulfide) groups is 1. The Balaban J connectivity index is 2.53. The normalized spacial score (nSPS) is 12.8. The molecule has 0 fully saturated rings. The van der Waals surface area contributed by atoms with Crippen molar-refractivity contribution < 1.29 is 5.11 Å². The summed E-state index contributed by atoms with van der Waals surface area (Å²) in [6, 6.07) is 2.01. The SMILES string of the molecule is Cc1cnnc(SC(C)CCO)c1. The molecule has 0 aliphatic carbocycles. The monoisotopic (exact) mass is 198 g/mol. The van der Waals surface area contributed by atoms with E-state index in [1.54, 1.807) is 18.0 Å². The van der Waals surface area contributed by atoms with Gasteiger partial charge in [0.25, 0.3) is 0 Å². The van der Waals surface area contributed by atoms with Gasteiger partial charge in [-0.15, -0.1) is 16.9 Å². The van der Waals surface area contributed by atoms with Gasteiger partial charge in [0.2, 0.25) is 0 Å². The molecule has 0 radical (unpaired) electrons. The molecule has 0 aliphatic rings. The number of aromatic nitrogens is 2. The molecule has 0 aliphatic heterocycles. The van der Waals surface area contributed by atoms with Gasteiger partial charge in [0.1, 0.15) is 5.03 Å². The van der Waals surface area contributed by atoms with E-state index in [0.29, 0.717) is 5.25 Å². The number of aliphatic hydroxyl groups excluding tert-OH is 1. The van der Waals surface area contributed by atoms with Crippen LogP contribution in [0.3, 0.4) is 0 Å². The smallest absolute Gasteiger partial charge is 0.119 e. The maximum atomic E-state index is 8.72. The van der Waals surface area contributed by atoms with E-state index >= 15 is 0 Å². The first-order valence-corrected chi connectivity index (χ1v) is 5.17. The Morgan fingerprint density at radius 1 is 1.62 bits per heavy atom. The van der Waals surface area contributed by atoms with Crippen LogP contribution < -0.4 is 0 Å². The highest BCUT2D eigenvalue weighted by Gasteiger charge is 2.04. The van der Waals surface area contributed by atoms with Crippen LogP contribution in [-0.4, -0.2) is 27.2 Å². The molecule has 72 valence electrons. The lowest BCUT2D eigenvalue weighted by Crippen LogP contribution is -2.00. The van der Waals surface area contributed by atoms with Gasteiger partial charge < -0.3 is 5.11 Å². The minimum absolute atomic E-state index is 0.230. The van der Waals surface area contributed by atoms with E-state index in [4.69, 9.17) is 5.11 Å². The van der Waals surface area contributed by atoms with Gasteiger partial charge in [-0.3, -0.25) is 0 Å². The van der Waals surface area contributed by atoms with Crippen LogP contribution in [0.25, 0.3) is 0 Å². The van der Waals surface area contributed by atoms with Crippen LogP contribution >= 0.6 is 11.8 Å². The predicted molar refractivity (Wildman–Crippen MR) is 53.8 cm³/mol. The van der Waals surface area contributed by atoms with Crippen molar-refractivity contribution in [3.05, 3.63) is 17.8 Å². The molecule has 1 rings (SSSR count). The summed E-state index contributed by atoms with van der Waals surface area (Å²) < 4.78 is 0. The molecule has 0 amide bonds. The van der Waals surface area contributed by atoms with E-state index in [9.17, 15) is 0 Å². The van der Waals surface area contributed by atoms with Crippen LogP contribution in [0.5, 0.6) is 0 Å². The number of rotatable bonds is 4. The third-order valence-corrected chi connectivity index (χ3v) is 2.71. The largest absolute Gasteiger partial charge is 0.396 e. The summed E-state index contributed by atoms with van der Waals surface area (Å²) in [7, 11) is 0. The maximum Gasteiger partial charge on any atom is 0.119 e. The van der Waals surface area contributed by atoms with Gasteiger partial charge in [-0.1, -0.05) is 6.92 Å². The molecule has 0 bridgehead atoms. The molecule has 1 aromatic rings. The zero-order valence-corrected chi connectivity index (χ0v) is 8.71. The molecule has 13 heavy (non-hydrogen) atoms. The lowest BCUT2D eigenvalue weighted by Gasteiger charge is -2.07. The van der Waals surface area contributed by atoms with Crippen molar-refractivity contribution in [3.63, 3.8) is 0 Å². The molecule has 0 saturated carbocycles. The number of hydrogen-bond acceptors (Lipinski definition) is 4. The second-order valence-electron chi connectivity index (χ2n) is 3.01. The standard InChI is InChI=1S/C9H14N2OS/c1-7-5-9(11-10-6-7)13-8(2)3-4-12/h5-6,8,12H,3-4H2,1-2H3. The first-order chi connectivity index (χ1) is 6.22. The fourth-order valence-electron chi connectivity index (χ4n) is 0.942. The molecule has 1 atom stereocenters. The Kier molecular flexibility index (Phi) is 4.18. The maximum absolute atomic E-state index is 8.72. The van der Waals surface area contributed by atoms with Crippen molar-refractivity contribution in [1.82, 2.24) is 10.2 Å². The van der Waals surface area contributed by atoms with E-state index in [-0.39, 0.29) is 6.61 Å². The molecule has 1 heterocycles. The second kappa shape index (κ2) is 5.19. The Labute approximate surface area is 82.6 Å². The van der Waals surface area contributed by atoms with Gasteiger partial charge in [0.15, 0.2) is 0 Å². The van der Waals surface area contributed by atoms with Crippen LogP contribution in [-0.2, 0) is 0 Å². The van der Waals surface area contributed by atoms with Crippen molar-refractivity contribution in [3.8, 4) is 0 Å². The number of nitrogens with zero attached hydrogens (tertiary/aromatic N) is 2. The summed E-state index contributed by atoms with van der Waals surface area (Å²) in [5.41, 5.74) is 1.12. The molecule has 1 unspecified atom stereocenters. The molecule has 3 nitrogen and oxygen atoms in total. The molecular formula is C9H14N2OS. The van der Waals surface area contributed by atoms with E-state index in [2.05, 4.69) is 17.1 Å². The molecule has 1 aromatic heterocycles. The van der Waals surface area contributed by atoms with Gasteiger partial charge in [-0.05, 0) is 25.0 Å². The van der Waals surface area contributed by atoms with E-state index < -0.39 is 0 Å². The third kappa shape index (κ3) is 3.74. The molecular weight excluding hydrogens is 184 g/mol. The summed E-state index contributed by atoms with van der Waals surface area (Å²) in [4.78, 5) is 0. The van der Waals surface area contributed by atoms with Crippen molar-refractivity contribution in [2.75, 3.05) is 6.61 Å². The first kappa shape index (κ1) is 10.5. The minimum Gasteiger partial charge on any atom is -0.396 e. The quantitative estimate of drug-likeness (QED) is 0.747. The molecule has 0 saturated heterocycles. The van der Waals surface area contributed by atoms with Crippen LogP contribution in [0.1, 0.15) is 18.9 Å². The highest BCUT2D eigenvalue weighted by atomic mass is 32.2. The van der Waals surface area contributed by atoms with Crippen molar-refractivity contribution >= 4 is 11.8 Å². The summed E-state index contributed by atoms with van der Waals surface area (Å²) >= 11 is 1.65. The van der Waals surface area contributed by atoms with Gasteiger partial charge >= 0.3 is 0 Å². The summed E-state index contributed by atoms with van der Waals surface area (Å²) in [6.07, 6.45) is 2.53. The van der Waals surface area contributed by atoms with Crippen LogP contribution in [0.4, 0.5) is 0 Å². The fraction of sp³-hybridized carbons (Fsp3) is 0.556. The first-order valence-electron chi connectivity index (χ1n) is 4.29. The Hall–Kier alpha value is -0.610. The minimum atomic E-state index is 0.230. The van der Waals surface area contributed by atoms with E-state index in [1.807, 2.05) is 13.0 Å². The Morgan fingerprint density at radius 2 is 2.38 bits per heavy atom. The zero-order chi connectivity index (χ0) is 9.68. The predicted octanol–water partition coefficient (Wildman–Crippen LogP) is 1.65. The second-order valence-corrected chi connectivity index (χ2v) is 4.47. The summed E-state index contributed by atoms with van der Waals surface area (Å²) in [5, 5.41) is 17.9. The Bertz CT molecular complexity index is 268. The summed E-state index contributed by atoms with van der Waals surface area (Å²) in [5.74, 6) is 0. The molecule has 4 heteroatoms. The fourth-order valence-corrected chi connectivity index (χ4v) is 1.93. The van der Waals surface area contributed by atoms with Crippen LogP contribution in [0.15, 0.2) is 17.3 Å². The van der Waals surface area contributed by atoms with Gasteiger partial charge in [0, 0.05) is 11.9 Å². The van der Waals surface area contributed by atoms with Gasteiger partial charge in [-0.25, -0.2) is 0 Å². The lowest BCUT2D eigenvalue weighted by atomic mass is 10.3. The van der Waals surface area contributed by atoms with Crippen molar-refractivity contribution in [2.24, 2.45) is 0 Å². The number of aliphatic hydroxyl groups is 1. The highest BCUT2D eigenvalue weighted by molar-refractivity contribution is 7.99. The molecule has 0 spiro atoms. The van der Waals surface area contributed by atoms with Gasteiger partial charge in [-0.2, -0.15) is 5.10 Å².